The van der Waals surface area contributed by atoms with Crippen molar-refractivity contribution in [1.29, 1.82) is 0 Å². The number of carbonyl (C=O) groups is 1. The molecule has 0 bridgehead atoms. The van der Waals surface area contributed by atoms with Gasteiger partial charge in [0.05, 0.1) is 18.9 Å². The van der Waals surface area contributed by atoms with Crippen LogP contribution < -0.4 is 10.5 Å². The van der Waals surface area contributed by atoms with Crippen molar-refractivity contribution in [3.63, 3.8) is 0 Å². The molecule has 1 unspecified atom stereocenters. The zero-order chi connectivity index (χ0) is 18.4. The molecule has 2 heterocycles. The highest BCUT2D eigenvalue weighted by atomic mass is 35.5. The number of primary amides is 1. The van der Waals surface area contributed by atoms with Crippen LogP contribution in [0.4, 0.5) is 0 Å². The molecule has 3 rings (SSSR count). The van der Waals surface area contributed by atoms with Crippen LogP contribution >= 0.6 is 11.6 Å². The number of nitrogens with zero attached hydrogens (tertiary/aromatic N) is 3. The number of ether oxygens (including phenoxy) is 1. The van der Waals surface area contributed by atoms with E-state index in [1.165, 1.54) is 0 Å². The van der Waals surface area contributed by atoms with Crippen molar-refractivity contribution in [1.82, 2.24) is 14.5 Å². The summed E-state index contributed by atoms with van der Waals surface area (Å²) >= 11 is 6.18. The predicted molar refractivity (Wildman–Crippen MR) is 101 cm³/mol. The smallest absolute Gasteiger partial charge is 0.221 e. The summed E-state index contributed by atoms with van der Waals surface area (Å²) in [6.07, 6.45) is 8.27. The van der Waals surface area contributed by atoms with E-state index in [1.807, 2.05) is 29.0 Å². The van der Waals surface area contributed by atoms with Crippen LogP contribution in [0.3, 0.4) is 0 Å². The predicted octanol–water partition coefficient (Wildman–Crippen LogP) is 2.70. The van der Waals surface area contributed by atoms with Gasteiger partial charge in [0.2, 0.25) is 5.91 Å². The Hall–Kier alpha value is -2.05. The maximum absolute atomic E-state index is 11.5. The van der Waals surface area contributed by atoms with Crippen molar-refractivity contribution < 1.29 is 9.53 Å². The highest BCUT2D eigenvalue weighted by Crippen LogP contribution is 2.26. The number of imidazole rings is 1. The van der Waals surface area contributed by atoms with E-state index in [0.29, 0.717) is 24.7 Å². The average molecular weight is 377 g/mol. The normalized spacial score (nSPS) is 18.0. The SMILES string of the molecule is NC(=O)C1CCCN(Cc2cc(Cl)ccc2OCCCn2ccnc2)C1. The summed E-state index contributed by atoms with van der Waals surface area (Å²) in [7, 11) is 0. The van der Waals surface area contributed by atoms with Crippen LogP contribution in [0, 0.1) is 5.92 Å². The number of aryl methyl sites for hydroxylation is 1. The lowest BCUT2D eigenvalue weighted by atomic mass is 9.97. The van der Waals surface area contributed by atoms with Crippen molar-refractivity contribution in [2.75, 3.05) is 19.7 Å². The number of aromatic nitrogens is 2. The van der Waals surface area contributed by atoms with Gasteiger partial charge in [-0.05, 0) is 44.0 Å². The number of benzene rings is 1. The third-order valence-electron chi connectivity index (χ3n) is 4.70. The molecule has 0 spiro atoms. The van der Waals surface area contributed by atoms with E-state index >= 15 is 0 Å². The van der Waals surface area contributed by atoms with Gasteiger partial charge < -0.3 is 15.0 Å². The molecule has 0 radical (unpaired) electrons. The first-order valence-corrected chi connectivity index (χ1v) is 9.38. The van der Waals surface area contributed by atoms with Crippen LogP contribution in [0.1, 0.15) is 24.8 Å². The summed E-state index contributed by atoms with van der Waals surface area (Å²) in [4.78, 5) is 17.8. The molecule has 26 heavy (non-hydrogen) atoms. The van der Waals surface area contributed by atoms with Crippen LogP contribution in [-0.4, -0.2) is 40.1 Å². The van der Waals surface area contributed by atoms with Gasteiger partial charge in [0.25, 0.3) is 0 Å². The topological polar surface area (TPSA) is 73.4 Å². The molecule has 0 aliphatic carbocycles. The quantitative estimate of drug-likeness (QED) is 0.719. The molecule has 1 aliphatic rings. The minimum atomic E-state index is -0.211. The van der Waals surface area contributed by atoms with E-state index in [9.17, 15) is 4.79 Å². The standard InChI is InChI=1S/C19H25ClN4O2/c20-17-4-5-18(26-10-2-8-23-9-6-22-14-23)16(11-17)13-24-7-1-3-15(12-24)19(21)25/h4-6,9,11,14-15H,1-3,7-8,10,12-13H2,(H2,21,25). The first-order valence-electron chi connectivity index (χ1n) is 9.00. The summed E-state index contributed by atoms with van der Waals surface area (Å²) in [5.41, 5.74) is 6.53. The molecule has 0 saturated carbocycles. The molecule has 1 aliphatic heterocycles. The number of amides is 1. The van der Waals surface area contributed by atoms with Gasteiger partial charge in [-0.2, -0.15) is 0 Å². The van der Waals surface area contributed by atoms with Crippen LogP contribution in [0.25, 0.3) is 0 Å². The molecule has 1 amide bonds. The van der Waals surface area contributed by atoms with E-state index in [-0.39, 0.29) is 11.8 Å². The second-order valence-electron chi connectivity index (χ2n) is 6.73. The molecule has 1 atom stereocenters. The molecule has 2 aromatic rings. The van der Waals surface area contributed by atoms with Gasteiger partial charge in [0.15, 0.2) is 0 Å². The van der Waals surface area contributed by atoms with Crippen molar-refractivity contribution in [2.45, 2.75) is 32.4 Å². The van der Waals surface area contributed by atoms with E-state index in [1.54, 1.807) is 12.5 Å². The molecule has 6 nitrogen and oxygen atoms in total. The maximum Gasteiger partial charge on any atom is 0.221 e. The second-order valence-corrected chi connectivity index (χ2v) is 7.17. The van der Waals surface area contributed by atoms with Gasteiger partial charge in [-0.3, -0.25) is 9.69 Å². The lowest BCUT2D eigenvalue weighted by Gasteiger charge is -2.31. The Balaban J connectivity index is 1.57. The van der Waals surface area contributed by atoms with Gasteiger partial charge in [-0.25, -0.2) is 4.98 Å². The van der Waals surface area contributed by atoms with Crippen molar-refractivity contribution in [3.8, 4) is 5.75 Å². The summed E-state index contributed by atoms with van der Waals surface area (Å²) in [6.45, 7) is 3.85. The van der Waals surface area contributed by atoms with Crippen LogP contribution in [0.15, 0.2) is 36.9 Å². The lowest BCUT2D eigenvalue weighted by molar-refractivity contribution is -0.123. The Labute approximate surface area is 158 Å². The molecule has 1 aromatic carbocycles. The number of halogens is 1. The zero-order valence-electron chi connectivity index (χ0n) is 14.8. The average Bonchev–Trinajstić information content (AvgIpc) is 3.14. The molecule has 1 fully saturated rings. The molecule has 1 aromatic heterocycles. The fourth-order valence-electron chi connectivity index (χ4n) is 3.33. The number of hydrogen-bond donors (Lipinski definition) is 1. The van der Waals surface area contributed by atoms with Crippen molar-refractivity contribution >= 4 is 17.5 Å². The number of piperidine rings is 1. The monoisotopic (exact) mass is 376 g/mol. The maximum atomic E-state index is 11.5. The Kier molecular flexibility index (Phi) is 6.52. The summed E-state index contributed by atoms with van der Waals surface area (Å²) in [5.74, 6) is 0.570. The summed E-state index contributed by atoms with van der Waals surface area (Å²) in [5, 5.41) is 0.689. The minimum Gasteiger partial charge on any atom is -0.493 e. The summed E-state index contributed by atoms with van der Waals surface area (Å²) in [6, 6.07) is 5.71. The molecule has 1 saturated heterocycles. The third kappa shape index (κ3) is 5.22. The third-order valence-corrected chi connectivity index (χ3v) is 4.94. The Bertz CT molecular complexity index is 720. The van der Waals surface area contributed by atoms with Gasteiger partial charge in [-0.15, -0.1) is 0 Å². The number of likely N-dealkylation sites (tertiary alicyclic amines) is 1. The van der Waals surface area contributed by atoms with Crippen LogP contribution in [0.5, 0.6) is 5.75 Å². The molecule has 7 heteroatoms. The number of carbonyl (C=O) groups excluding carboxylic acids is 1. The highest BCUT2D eigenvalue weighted by molar-refractivity contribution is 6.30. The van der Waals surface area contributed by atoms with Gasteiger partial charge in [0, 0.05) is 42.6 Å². The fourth-order valence-corrected chi connectivity index (χ4v) is 3.53. The van der Waals surface area contributed by atoms with E-state index in [2.05, 4.69) is 9.88 Å². The van der Waals surface area contributed by atoms with Crippen molar-refractivity contribution in [2.24, 2.45) is 11.7 Å². The lowest BCUT2D eigenvalue weighted by Crippen LogP contribution is -2.40. The number of hydrogen-bond acceptors (Lipinski definition) is 4. The number of rotatable bonds is 8. The Morgan fingerprint density at radius 3 is 3.08 bits per heavy atom. The molecule has 140 valence electrons. The summed E-state index contributed by atoms with van der Waals surface area (Å²) < 4.78 is 8.03. The molecular weight excluding hydrogens is 352 g/mol. The Morgan fingerprint density at radius 1 is 1.42 bits per heavy atom. The van der Waals surface area contributed by atoms with Crippen molar-refractivity contribution in [3.05, 3.63) is 47.5 Å². The highest BCUT2D eigenvalue weighted by Gasteiger charge is 2.24. The number of nitrogens with two attached hydrogens (primary N) is 1. The van der Waals surface area contributed by atoms with Crippen LogP contribution in [0.2, 0.25) is 5.02 Å². The van der Waals surface area contributed by atoms with E-state index < -0.39 is 0 Å². The van der Waals surface area contributed by atoms with Gasteiger partial charge in [-0.1, -0.05) is 11.6 Å². The fraction of sp³-hybridized carbons (Fsp3) is 0.474. The minimum absolute atomic E-state index is 0.0671. The largest absolute Gasteiger partial charge is 0.493 e. The molecular formula is C19H25ClN4O2. The zero-order valence-corrected chi connectivity index (χ0v) is 15.6. The first-order chi connectivity index (χ1) is 12.6. The van der Waals surface area contributed by atoms with E-state index in [4.69, 9.17) is 22.1 Å². The second kappa shape index (κ2) is 9.05. The van der Waals surface area contributed by atoms with Crippen LogP contribution in [-0.2, 0) is 17.9 Å². The van der Waals surface area contributed by atoms with Gasteiger partial charge in [0.1, 0.15) is 5.75 Å². The van der Waals surface area contributed by atoms with Gasteiger partial charge >= 0.3 is 0 Å². The Morgan fingerprint density at radius 2 is 2.31 bits per heavy atom. The van der Waals surface area contributed by atoms with E-state index in [0.717, 1.165) is 43.7 Å². The molecule has 2 N–H and O–H groups in total. The first kappa shape index (κ1) is 18.7.